The summed E-state index contributed by atoms with van der Waals surface area (Å²) in [5, 5.41) is 10.3. The van der Waals surface area contributed by atoms with Crippen molar-refractivity contribution in [2.45, 2.75) is 19.8 Å². The average molecular weight is 294 g/mol. The molecule has 0 fully saturated rings. The van der Waals surface area contributed by atoms with E-state index in [4.69, 9.17) is 14.2 Å². The normalized spacial score (nSPS) is 10.4. The molecule has 0 atom stereocenters. The van der Waals surface area contributed by atoms with Crippen LogP contribution in [0.4, 0.5) is 0 Å². The Morgan fingerprint density at radius 3 is 2.35 bits per heavy atom. The lowest BCUT2D eigenvalue weighted by atomic mass is 10.2. The molecule has 0 aliphatic heterocycles. The minimum absolute atomic E-state index is 0.569. The molecule has 0 saturated carbocycles. The fraction of sp³-hybridized carbons (Fsp3) is 0.429. The van der Waals surface area contributed by atoms with E-state index in [1.165, 1.54) is 0 Å². The van der Waals surface area contributed by atoms with E-state index in [0.717, 1.165) is 28.4 Å². The highest BCUT2D eigenvalue weighted by Gasteiger charge is 2.19. The zero-order chi connectivity index (χ0) is 14.5. The van der Waals surface area contributed by atoms with E-state index >= 15 is 0 Å². The van der Waals surface area contributed by atoms with Crippen LogP contribution in [-0.4, -0.2) is 31.5 Å². The molecular weight excluding hydrogens is 276 g/mol. The molecule has 0 bridgehead atoms. The molecule has 0 unspecified atom stereocenters. The van der Waals surface area contributed by atoms with Crippen LogP contribution in [0.3, 0.4) is 0 Å². The van der Waals surface area contributed by atoms with Gasteiger partial charge in [0.15, 0.2) is 16.5 Å². The number of methoxy groups -OCH3 is 3. The molecule has 1 heterocycles. The topological polar surface area (TPSA) is 53.5 Å². The third kappa shape index (κ3) is 2.70. The van der Waals surface area contributed by atoms with E-state index in [9.17, 15) is 0 Å². The first-order chi connectivity index (χ1) is 9.74. The van der Waals surface area contributed by atoms with E-state index < -0.39 is 0 Å². The monoisotopic (exact) mass is 294 g/mol. The number of benzene rings is 1. The Morgan fingerprint density at radius 1 is 1.00 bits per heavy atom. The summed E-state index contributed by atoms with van der Waals surface area (Å²) in [5.74, 6) is 1.82. The smallest absolute Gasteiger partial charge is 0.204 e. The van der Waals surface area contributed by atoms with Crippen LogP contribution in [0, 0.1) is 0 Å². The van der Waals surface area contributed by atoms with Gasteiger partial charge in [0.2, 0.25) is 5.75 Å². The predicted octanol–water partition coefficient (Wildman–Crippen LogP) is 3.18. The highest BCUT2D eigenvalue weighted by molar-refractivity contribution is 7.14. The molecule has 0 spiro atoms. The number of rotatable bonds is 6. The largest absolute Gasteiger partial charge is 0.493 e. The number of hydrogen-bond donors (Lipinski definition) is 0. The maximum atomic E-state index is 5.47. The van der Waals surface area contributed by atoms with Crippen LogP contribution in [0.5, 0.6) is 17.2 Å². The fourth-order valence-electron chi connectivity index (χ4n) is 1.95. The van der Waals surface area contributed by atoms with Crippen molar-refractivity contribution < 1.29 is 14.2 Å². The molecule has 108 valence electrons. The summed E-state index contributed by atoms with van der Waals surface area (Å²) in [5.41, 5.74) is 0.866. The van der Waals surface area contributed by atoms with Crippen LogP contribution in [0.15, 0.2) is 12.1 Å². The average Bonchev–Trinajstić information content (AvgIpc) is 2.94. The Bertz CT molecular complexity index is 584. The van der Waals surface area contributed by atoms with Gasteiger partial charge >= 0.3 is 0 Å². The Kier molecular flexibility index (Phi) is 4.79. The first-order valence-electron chi connectivity index (χ1n) is 6.36. The van der Waals surface area contributed by atoms with Crippen molar-refractivity contribution in [1.29, 1.82) is 0 Å². The lowest BCUT2D eigenvalue weighted by molar-refractivity contribution is 0.325. The molecule has 0 aliphatic rings. The molecule has 5 nitrogen and oxygen atoms in total. The van der Waals surface area contributed by atoms with Gasteiger partial charge in [-0.05, 0) is 18.6 Å². The summed E-state index contributed by atoms with van der Waals surface area (Å²) < 4.78 is 16.1. The van der Waals surface area contributed by atoms with Crippen molar-refractivity contribution in [3.8, 4) is 27.8 Å². The van der Waals surface area contributed by atoms with E-state index in [0.29, 0.717) is 17.2 Å². The predicted molar refractivity (Wildman–Crippen MR) is 79.0 cm³/mol. The quantitative estimate of drug-likeness (QED) is 0.819. The molecule has 0 N–H and O–H groups in total. The van der Waals surface area contributed by atoms with Gasteiger partial charge in [0.25, 0.3) is 0 Å². The molecule has 1 aromatic heterocycles. The summed E-state index contributed by atoms with van der Waals surface area (Å²) >= 11 is 1.57. The summed E-state index contributed by atoms with van der Waals surface area (Å²) in [6, 6.07) is 3.76. The zero-order valence-electron chi connectivity index (χ0n) is 12.1. The fourth-order valence-corrected chi connectivity index (χ4v) is 2.91. The van der Waals surface area contributed by atoms with Crippen LogP contribution in [-0.2, 0) is 6.42 Å². The zero-order valence-corrected chi connectivity index (χ0v) is 12.9. The minimum atomic E-state index is 0.569. The second-order valence-corrected chi connectivity index (χ2v) is 5.19. The van der Waals surface area contributed by atoms with Crippen LogP contribution in [0.25, 0.3) is 10.6 Å². The van der Waals surface area contributed by atoms with Gasteiger partial charge in [-0.1, -0.05) is 18.3 Å². The van der Waals surface area contributed by atoms with E-state index in [1.54, 1.807) is 32.7 Å². The van der Waals surface area contributed by atoms with Gasteiger partial charge in [-0.2, -0.15) is 0 Å². The molecule has 1 aromatic carbocycles. The molecule has 0 saturated heterocycles. The second-order valence-electron chi connectivity index (χ2n) is 4.13. The number of hydrogen-bond acceptors (Lipinski definition) is 6. The Morgan fingerprint density at radius 2 is 1.75 bits per heavy atom. The van der Waals surface area contributed by atoms with Gasteiger partial charge in [0, 0.05) is 6.42 Å². The number of aryl methyl sites for hydroxylation is 1. The van der Waals surface area contributed by atoms with E-state index in [-0.39, 0.29) is 0 Å². The number of ether oxygens (including phenoxy) is 3. The molecule has 20 heavy (non-hydrogen) atoms. The van der Waals surface area contributed by atoms with Crippen LogP contribution < -0.4 is 14.2 Å². The first-order valence-corrected chi connectivity index (χ1v) is 7.18. The number of nitrogens with zero attached hydrogens (tertiary/aromatic N) is 2. The molecular formula is C14H18N2O3S. The SMILES string of the molecule is CCCc1nnc(-c2ccc(OC)c(OC)c2OC)s1. The summed E-state index contributed by atoms with van der Waals surface area (Å²) in [6.07, 6.45) is 1.99. The third-order valence-electron chi connectivity index (χ3n) is 2.87. The Labute approximate surface area is 122 Å². The van der Waals surface area contributed by atoms with Crippen molar-refractivity contribution in [2.75, 3.05) is 21.3 Å². The molecule has 2 rings (SSSR count). The van der Waals surface area contributed by atoms with Crippen LogP contribution in [0.2, 0.25) is 0 Å². The van der Waals surface area contributed by atoms with Crippen molar-refractivity contribution in [3.63, 3.8) is 0 Å². The summed E-state index contributed by atoms with van der Waals surface area (Å²) in [7, 11) is 4.79. The molecule has 0 radical (unpaired) electrons. The summed E-state index contributed by atoms with van der Waals surface area (Å²) in [4.78, 5) is 0. The minimum Gasteiger partial charge on any atom is -0.493 e. The van der Waals surface area contributed by atoms with E-state index in [2.05, 4.69) is 17.1 Å². The lowest BCUT2D eigenvalue weighted by Gasteiger charge is -2.14. The van der Waals surface area contributed by atoms with Gasteiger partial charge in [-0.15, -0.1) is 10.2 Å². The van der Waals surface area contributed by atoms with Gasteiger partial charge in [-0.3, -0.25) is 0 Å². The summed E-state index contributed by atoms with van der Waals surface area (Å²) in [6.45, 7) is 2.12. The van der Waals surface area contributed by atoms with Crippen molar-refractivity contribution >= 4 is 11.3 Å². The number of aromatic nitrogens is 2. The first kappa shape index (κ1) is 14.6. The van der Waals surface area contributed by atoms with E-state index in [1.807, 2.05) is 12.1 Å². The van der Waals surface area contributed by atoms with Crippen molar-refractivity contribution in [2.24, 2.45) is 0 Å². The maximum absolute atomic E-state index is 5.47. The maximum Gasteiger partial charge on any atom is 0.204 e. The molecule has 0 amide bonds. The van der Waals surface area contributed by atoms with Crippen LogP contribution >= 0.6 is 11.3 Å². The molecule has 2 aromatic rings. The van der Waals surface area contributed by atoms with Crippen molar-refractivity contribution in [1.82, 2.24) is 10.2 Å². The van der Waals surface area contributed by atoms with Crippen molar-refractivity contribution in [3.05, 3.63) is 17.1 Å². The van der Waals surface area contributed by atoms with Gasteiger partial charge in [0.1, 0.15) is 5.01 Å². The highest BCUT2D eigenvalue weighted by atomic mass is 32.1. The second kappa shape index (κ2) is 6.56. The lowest BCUT2D eigenvalue weighted by Crippen LogP contribution is -1.96. The molecule has 6 heteroatoms. The van der Waals surface area contributed by atoms with Gasteiger partial charge in [-0.25, -0.2) is 0 Å². The van der Waals surface area contributed by atoms with Crippen LogP contribution in [0.1, 0.15) is 18.4 Å². The standard InChI is InChI=1S/C14H18N2O3S/c1-5-6-11-15-16-14(20-11)9-7-8-10(17-2)13(19-4)12(9)18-3/h7-8H,5-6H2,1-4H3. The Hall–Kier alpha value is -1.82. The van der Waals surface area contributed by atoms with Gasteiger partial charge < -0.3 is 14.2 Å². The molecule has 0 aliphatic carbocycles. The highest BCUT2D eigenvalue weighted by Crippen LogP contribution is 2.44. The van der Waals surface area contributed by atoms with Gasteiger partial charge in [0.05, 0.1) is 26.9 Å². The third-order valence-corrected chi connectivity index (χ3v) is 3.88. The Balaban J connectivity index is 2.49.